The van der Waals surface area contributed by atoms with Crippen LogP contribution >= 0.6 is 0 Å². The lowest BCUT2D eigenvalue weighted by atomic mass is 10.1. The summed E-state index contributed by atoms with van der Waals surface area (Å²) < 4.78 is 31.1. The van der Waals surface area contributed by atoms with Crippen LogP contribution in [0.2, 0.25) is 0 Å². The Bertz CT molecular complexity index is 1080. The number of carbonyl (C=O) groups excluding carboxylic acids is 2. The van der Waals surface area contributed by atoms with Gasteiger partial charge in [-0.2, -0.15) is 5.10 Å². The normalized spacial score (nSPS) is 11.5. The molecule has 0 atom stereocenters. The number of amides is 2. The molecular formula is C21H26N4O5S. The van der Waals surface area contributed by atoms with E-state index in [1.54, 1.807) is 62.4 Å². The molecule has 0 saturated heterocycles. The number of ether oxygens (including phenoxy) is 1. The first-order chi connectivity index (χ1) is 14.6. The molecule has 2 N–H and O–H groups in total. The Balaban J connectivity index is 2.18. The number of hydrazone groups is 1. The monoisotopic (exact) mass is 446 g/mol. The fraction of sp³-hybridized carbons (Fsp3) is 0.286. The first kappa shape index (κ1) is 23.9. The third-order valence-electron chi connectivity index (χ3n) is 4.07. The van der Waals surface area contributed by atoms with Gasteiger partial charge in [-0.1, -0.05) is 24.3 Å². The lowest BCUT2D eigenvalue weighted by Crippen LogP contribution is -2.39. The summed E-state index contributed by atoms with van der Waals surface area (Å²) in [5.41, 5.74) is 4.42. The minimum Gasteiger partial charge on any atom is -0.492 e. The molecule has 0 saturated carbocycles. The van der Waals surface area contributed by atoms with Crippen LogP contribution in [-0.2, 0) is 19.6 Å². The largest absolute Gasteiger partial charge is 0.492 e. The first-order valence-electron chi connectivity index (χ1n) is 9.52. The number of anilines is 2. The molecule has 0 aromatic heterocycles. The molecule has 0 aliphatic rings. The molecule has 2 aromatic rings. The average Bonchev–Trinajstić information content (AvgIpc) is 2.70. The van der Waals surface area contributed by atoms with Crippen molar-refractivity contribution in [2.24, 2.45) is 5.10 Å². The zero-order valence-electron chi connectivity index (χ0n) is 17.9. The van der Waals surface area contributed by atoms with Gasteiger partial charge in [-0.25, -0.2) is 13.8 Å². The quantitative estimate of drug-likeness (QED) is 0.453. The maximum absolute atomic E-state index is 12.5. The molecule has 166 valence electrons. The van der Waals surface area contributed by atoms with Gasteiger partial charge < -0.3 is 10.1 Å². The second-order valence-corrected chi connectivity index (χ2v) is 8.57. The highest BCUT2D eigenvalue weighted by Crippen LogP contribution is 2.29. The second-order valence-electron chi connectivity index (χ2n) is 6.66. The Kier molecular flexibility index (Phi) is 8.14. The van der Waals surface area contributed by atoms with Crippen LogP contribution in [0.3, 0.4) is 0 Å². The molecule has 0 aliphatic heterocycles. The van der Waals surface area contributed by atoms with Crippen molar-refractivity contribution < 1.29 is 22.7 Å². The SMILES string of the molecule is CCOc1ccccc1N(CC(=O)N/N=C(/C)c1cccc(NC(C)=O)c1)S(C)(=O)=O. The molecular weight excluding hydrogens is 420 g/mol. The second kappa shape index (κ2) is 10.6. The molecule has 2 rings (SSSR count). The van der Waals surface area contributed by atoms with Gasteiger partial charge in [0, 0.05) is 12.6 Å². The maximum Gasteiger partial charge on any atom is 0.260 e. The van der Waals surface area contributed by atoms with Gasteiger partial charge in [0.05, 0.1) is 24.3 Å². The standard InChI is InChI=1S/C21H26N4O5S/c1-5-30-20-12-7-6-11-19(20)25(31(4,28)29)14-21(27)24-23-15(2)17-9-8-10-18(13-17)22-16(3)26/h6-13H,5,14H2,1-4H3,(H,22,26)(H,24,27)/b23-15-. The van der Waals surface area contributed by atoms with Gasteiger partial charge in [0.15, 0.2) is 0 Å². The Morgan fingerprint density at radius 1 is 1.10 bits per heavy atom. The third-order valence-corrected chi connectivity index (χ3v) is 5.20. The summed E-state index contributed by atoms with van der Waals surface area (Å²) >= 11 is 0. The van der Waals surface area contributed by atoms with E-state index in [1.165, 1.54) is 6.92 Å². The van der Waals surface area contributed by atoms with Crippen LogP contribution in [0.15, 0.2) is 53.6 Å². The number of carbonyl (C=O) groups is 2. The van der Waals surface area contributed by atoms with E-state index in [0.717, 1.165) is 10.6 Å². The van der Waals surface area contributed by atoms with Crippen LogP contribution < -0.4 is 19.8 Å². The zero-order chi connectivity index (χ0) is 23.0. The number of hydrogen-bond donors (Lipinski definition) is 2. The van der Waals surface area contributed by atoms with Crippen molar-refractivity contribution in [1.82, 2.24) is 5.43 Å². The Labute approximate surface area is 182 Å². The molecule has 0 heterocycles. The molecule has 2 aromatic carbocycles. The topological polar surface area (TPSA) is 117 Å². The van der Waals surface area contributed by atoms with E-state index in [0.29, 0.717) is 29.3 Å². The van der Waals surface area contributed by atoms with Gasteiger partial charge in [0.2, 0.25) is 15.9 Å². The van der Waals surface area contributed by atoms with E-state index in [1.807, 2.05) is 0 Å². The van der Waals surface area contributed by atoms with Crippen LogP contribution in [0.4, 0.5) is 11.4 Å². The summed E-state index contributed by atoms with van der Waals surface area (Å²) in [6, 6.07) is 13.6. The number of nitrogens with one attached hydrogen (secondary N) is 2. The molecule has 0 unspecified atom stereocenters. The minimum absolute atomic E-state index is 0.201. The van der Waals surface area contributed by atoms with E-state index in [-0.39, 0.29) is 11.6 Å². The molecule has 0 bridgehead atoms. The molecule has 0 radical (unpaired) electrons. The lowest BCUT2D eigenvalue weighted by Gasteiger charge is -2.23. The van der Waals surface area contributed by atoms with Crippen LogP contribution in [0.1, 0.15) is 26.3 Å². The number of hydrogen-bond acceptors (Lipinski definition) is 6. The first-order valence-corrected chi connectivity index (χ1v) is 11.4. The average molecular weight is 447 g/mol. The van der Waals surface area contributed by atoms with Crippen molar-refractivity contribution in [3.05, 3.63) is 54.1 Å². The number of sulfonamides is 1. The predicted octanol–water partition coefficient (Wildman–Crippen LogP) is 2.35. The smallest absolute Gasteiger partial charge is 0.260 e. The van der Waals surface area contributed by atoms with E-state index < -0.39 is 22.5 Å². The molecule has 9 nitrogen and oxygen atoms in total. The fourth-order valence-corrected chi connectivity index (χ4v) is 3.58. The molecule has 0 fully saturated rings. The number of para-hydroxylation sites is 2. The summed E-state index contributed by atoms with van der Waals surface area (Å²) in [7, 11) is -3.76. The fourth-order valence-electron chi connectivity index (χ4n) is 2.72. The lowest BCUT2D eigenvalue weighted by molar-refractivity contribution is -0.119. The van der Waals surface area contributed by atoms with Gasteiger partial charge in [-0.05, 0) is 43.7 Å². The van der Waals surface area contributed by atoms with Crippen LogP contribution in [-0.4, -0.2) is 45.4 Å². The van der Waals surface area contributed by atoms with E-state index in [2.05, 4.69) is 15.8 Å². The van der Waals surface area contributed by atoms with Crippen molar-refractivity contribution in [2.45, 2.75) is 20.8 Å². The number of nitrogens with zero attached hydrogens (tertiary/aromatic N) is 2. The van der Waals surface area contributed by atoms with E-state index >= 15 is 0 Å². The van der Waals surface area contributed by atoms with Crippen molar-refractivity contribution in [2.75, 3.05) is 29.0 Å². The number of benzene rings is 2. The van der Waals surface area contributed by atoms with Crippen molar-refractivity contribution in [1.29, 1.82) is 0 Å². The Morgan fingerprint density at radius 2 is 1.81 bits per heavy atom. The molecule has 0 aliphatic carbocycles. The van der Waals surface area contributed by atoms with E-state index in [4.69, 9.17) is 4.74 Å². The summed E-state index contributed by atoms with van der Waals surface area (Å²) in [6.45, 7) is 4.76. The van der Waals surface area contributed by atoms with Crippen molar-refractivity contribution >= 4 is 38.9 Å². The highest BCUT2D eigenvalue weighted by Gasteiger charge is 2.23. The maximum atomic E-state index is 12.5. The van der Waals surface area contributed by atoms with Crippen LogP contribution in [0.25, 0.3) is 0 Å². The summed E-state index contributed by atoms with van der Waals surface area (Å²) in [5.74, 6) is -0.458. The predicted molar refractivity (Wildman–Crippen MR) is 121 cm³/mol. The van der Waals surface area contributed by atoms with Gasteiger partial charge in [0.1, 0.15) is 12.3 Å². The van der Waals surface area contributed by atoms with Gasteiger partial charge in [0.25, 0.3) is 5.91 Å². The summed E-state index contributed by atoms with van der Waals surface area (Å²) in [6.07, 6.45) is 1.02. The molecule has 31 heavy (non-hydrogen) atoms. The highest BCUT2D eigenvalue weighted by molar-refractivity contribution is 7.92. The van der Waals surface area contributed by atoms with Crippen molar-refractivity contribution in [3.8, 4) is 5.75 Å². The summed E-state index contributed by atoms with van der Waals surface area (Å²) in [4.78, 5) is 23.7. The molecule has 2 amide bonds. The van der Waals surface area contributed by atoms with Crippen LogP contribution in [0.5, 0.6) is 5.75 Å². The third kappa shape index (κ3) is 7.10. The summed E-state index contributed by atoms with van der Waals surface area (Å²) in [5, 5.41) is 6.73. The van der Waals surface area contributed by atoms with Gasteiger partial charge in [-0.3, -0.25) is 13.9 Å². The minimum atomic E-state index is -3.76. The van der Waals surface area contributed by atoms with Crippen molar-refractivity contribution in [3.63, 3.8) is 0 Å². The van der Waals surface area contributed by atoms with Gasteiger partial charge in [-0.15, -0.1) is 0 Å². The van der Waals surface area contributed by atoms with Crippen LogP contribution in [0, 0.1) is 0 Å². The molecule has 0 spiro atoms. The Morgan fingerprint density at radius 3 is 2.45 bits per heavy atom. The zero-order valence-corrected chi connectivity index (χ0v) is 18.7. The molecule has 10 heteroatoms. The Hall–Kier alpha value is -3.40. The number of rotatable bonds is 9. The van der Waals surface area contributed by atoms with E-state index in [9.17, 15) is 18.0 Å². The van der Waals surface area contributed by atoms with Gasteiger partial charge >= 0.3 is 0 Å². The highest BCUT2D eigenvalue weighted by atomic mass is 32.2.